The van der Waals surface area contributed by atoms with Crippen molar-refractivity contribution in [2.45, 2.75) is 24.5 Å². The number of carbonyl (C=O) groups is 1. The highest BCUT2D eigenvalue weighted by Crippen LogP contribution is 2.30. The minimum Gasteiger partial charge on any atom is -0.425 e. The van der Waals surface area contributed by atoms with E-state index in [1.165, 1.54) is 6.92 Å². The van der Waals surface area contributed by atoms with Crippen molar-refractivity contribution < 1.29 is 26.7 Å². The van der Waals surface area contributed by atoms with Gasteiger partial charge in [0.15, 0.2) is 0 Å². The number of ether oxygens (including phenoxy) is 1. The largest absolute Gasteiger partial charge is 0.425 e. The van der Waals surface area contributed by atoms with Gasteiger partial charge in [0.25, 0.3) is 5.92 Å². The lowest BCUT2D eigenvalue weighted by atomic mass is 10.2. The Labute approximate surface area is 143 Å². The summed E-state index contributed by atoms with van der Waals surface area (Å²) in [5, 5.41) is 0. The van der Waals surface area contributed by atoms with Gasteiger partial charge in [0.2, 0.25) is 15.6 Å². The SMILES string of the molecule is CCS(=O)(=O)NC1CN(C(=O)OC(Cl)c2ccccc2)CC1(F)F. The van der Waals surface area contributed by atoms with Gasteiger partial charge in [0.05, 0.1) is 12.3 Å². The average Bonchev–Trinajstić information content (AvgIpc) is 2.82. The van der Waals surface area contributed by atoms with Crippen LogP contribution in [0, 0.1) is 0 Å². The van der Waals surface area contributed by atoms with Gasteiger partial charge in [0.1, 0.15) is 6.04 Å². The van der Waals surface area contributed by atoms with Gasteiger partial charge in [-0.3, -0.25) is 0 Å². The molecule has 1 fully saturated rings. The Hall–Kier alpha value is -1.45. The van der Waals surface area contributed by atoms with Gasteiger partial charge in [-0.1, -0.05) is 41.9 Å². The van der Waals surface area contributed by atoms with Crippen LogP contribution in [0.2, 0.25) is 0 Å². The molecule has 2 unspecified atom stereocenters. The predicted molar refractivity (Wildman–Crippen MR) is 84.4 cm³/mol. The fourth-order valence-corrected chi connectivity index (χ4v) is 3.25. The van der Waals surface area contributed by atoms with E-state index in [-0.39, 0.29) is 5.75 Å². The topological polar surface area (TPSA) is 75.7 Å². The molecule has 1 saturated heterocycles. The van der Waals surface area contributed by atoms with Gasteiger partial charge < -0.3 is 9.64 Å². The van der Waals surface area contributed by atoms with Crippen LogP contribution in [0.5, 0.6) is 0 Å². The zero-order valence-electron chi connectivity index (χ0n) is 12.8. The van der Waals surface area contributed by atoms with Crippen LogP contribution < -0.4 is 4.72 Å². The number of rotatable bonds is 5. The molecule has 1 aliphatic rings. The molecule has 0 saturated carbocycles. The summed E-state index contributed by atoms with van der Waals surface area (Å²) in [7, 11) is -3.82. The number of benzene rings is 1. The highest BCUT2D eigenvalue weighted by Gasteiger charge is 2.51. The third-order valence-electron chi connectivity index (χ3n) is 3.54. The Morgan fingerprint density at radius 2 is 2.08 bits per heavy atom. The summed E-state index contributed by atoms with van der Waals surface area (Å²) in [6, 6.07) is 6.69. The van der Waals surface area contributed by atoms with E-state index in [2.05, 4.69) is 0 Å². The maximum atomic E-state index is 13.9. The van der Waals surface area contributed by atoms with E-state index in [4.69, 9.17) is 16.3 Å². The fourth-order valence-electron chi connectivity index (χ4n) is 2.18. The van der Waals surface area contributed by atoms with Crippen molar-refractivity contribution in [3.8, 4) is 0 Å². The summed E-state index contributed by atoms with van der Waals surface area (Å²) in [5.74, 6) is -3.72. The lowest BCUT2D eigenvalue weighted by Gasteiger charge is -2.18. The van der Waals surface area contributed by atoms with Gasteiger partial charge in [-0.25, -0.2) is 26.7 Å². The van der Waals surface area contributed by atoms with Crippen LogP contribution in [0.25, 0.3) is 0 Å². The number of sulfonamides is 1. The molecule has 2 rings (SSSR count). The Bertz CT molecular complexity index is 687. The van der Waals surface area contributed by atoms with Crippen molar-refractivity contribution in [1.82, 2.24) is 9.62 Å². The van der Waals surface area contributed by atoms with Crippen molar-refractivity contribution in [2.24, 2.45) is 0 Å². The number of alkyl halides is 3. The summed E-state index contributed by atoms with van der Waals surface area (Å²) in [4.78, 5) is 12.7. The van der Waals surface area contributed by atoms with Gasteiger partial charge in [-0.2, -0.15) is 0 Å². The Kier molecular flexibility index (Phi) is 5.67. The van der Waals surface area contributed by atoms with E-state index >= 15 is 0 Å². The molecule has 1 N–H and O–H groups in total. The lowest BCUT2D eigenvalue weighted by Crippen LogP contribution is -2.47. The van der Waals surface area contributed by atoms with Crippen molar-refractivity contribution in [1.29, 1.82) is 0 Å². The van der Waals surface area contributed by atoms with Crippen molar-refractivity contribution in [2.75, 3.05) is 18.8 Å². The standard InChI is InChI=1S/C14H17ClF2N2O4S/c1-2-24(21,22)18-11-8-19(9-14(11,16)17)13(20)23-12(15)10-6-4-3-5-7-10/h3-7,11-12,18H,2,8-9H2,1H3. The maximum absolute atomic E-state index is 13.9. The molecule has 2 atom stereocenters. The van der Waals surface area contributed by atoms with Crippen LogP contribution >= 0.6 is 11.6 Å². The lowest BCUT2D eigenvalue weighted by molar-refractivity contribution is -0.00599. The minimum absolute atomic E-state index is 0.332. The number of nitrogens with zero attached hydrogens (tertiary/aromatic N) is 1. The molecule has 1 aromatic rings. The first-order valence-electron chi connectivity index (χ1n) is 7.17. The number of amides is 1. The predicted octanol–water partition coefficient (Wildman–Crippen LogP) is 2.32. The number of nitrogens with one attached hydrogen (secondary N) is 1. The second kappa shape index (κ2) is 7.20. The van der Waals surface area contributed by atoms with Crippen LogP contribution in [0.1, 0.15) is 18.1 Å². The molecule has 1 heterocycles. The Morgan fingerprint density at radius 1 is 1.46 bits per heavy atom. The van der Waals surface area contributed by atoms with Crippen LogP contribution in [0.15, 0.2) is 30.3 Å². The summed E-state index contributed by atoms with van der Waals surface area (Å²) in [6.07, 6.45) is -1.03. The summed E-state index contributed by atoms with van der Waals surface area (Å²) in [6.45, 7) is -0.107. The molecular weight excluding hydrogens is 366 g/mol. The van der Waals surface area contributed by atoms with E-state index in [1.54, 1.807) is 30.3 Å². The third kappa shape index (κ3) is 4.55. The monoisotopic (exact) mass is 382 g/mol. The first-order chi connectivity index (χ1) is 11.1. The van der Waals surface area contributed by atoms with Crippen LogP contribution in [-0.2, 0) is 14.8 Å². The molecule has 10 heteroatoms. The van der Waals surface area contributed by atoms with E-state index in [0.717, 1.165) is 4.90 Å². The van der Waals surface area contributed by atoms with E-state index in [9.17, 15) is 22.0 Å². The number of likely N-dealkylation sites (tertiary alicyclic amines) is 1. The fraction of sp³-hybridized carbons (Fsp3) is 0.500. The first kappa shape index (κ1) is 18.9. The van der Waals surface area contributed by atoms with Crippen molar-refractivity contribution in [3.05, 3.63) is 35.9 Å². The molecular formula is C14H17ClF2N2O4S. The second-order valence-corrected chi connectivity index (χ2v) is 7.76. The molecule has 0 bridgehead atoms. The van der Waals surface area contributed by atoms with E-state index < -0.39 is 46.7 Å². The molecule has 0 aromatic heterocycles. The van der Waals surface area contributed by atoms with Gasteiger partial charge in [-0.15, -0.1) is 0 Å². The Balaban J connectivity index is 2.01. The molecule has 24 heavy (non-hydrogen) atoms. The van der Waals surface area contributed by atoms with Crippen LogP contribution in [0.3, 0.4) is 0 Å². The van der Waals surface area contributed by atoms with Crippen molar-refractivity contribution in [3.63, 3.8) is 0 Å². The van der Waals surface area contributed by atoms with E-state index in [0.29, 0.717) is 5.56 Å². The number of halogens is 3. The molecule has 134 valence electrons. The quantitative estimate of drug-likeness (QED) is 0.793. The molecule has 0 aliphatic carbocycles. The molecule has 0 radical (unpaired) electrons. The number of hydrogen-bond donors (Lipinski definition) is 1. The summed E-state index contributed by atoms with van der Waals surface area (Å²) >= 11 is 5.95. The van der Waals surface area contributed by atoms with Gasteiger partial charge in [0, 0.05) is 12.1 Å². The van der Waals surface area contributed by atoms with E-state index in [1.807, 2.05) is 4.72 Å². The minimum atomic E-state index is -3.82. The maximum Gasteiger partial charge on any atom is 0.411 e. The zero-order chi connectivity index (χ0) is 18.0. The average molecular weight is 383 g/mol. The zero-order valence-corrected chi connectivity index (χ0v) is 14.4. The molecule has 1 aliphatic heterocycles. The summed E-state index contributed by atoms with van der Waals surface area (Å²) < 4.78 is 57.7. The van der Waals surface area contributed by atoms with Crippen molar-refractivity contribution >= 4 is 27.7 Å². The summed E-state index contributed by atoms with van der Waals surface area (Å²) in [5.41, 5.74) is -0.625. The molecule has 1 amide bonds. The van der Waals surface area contributed by atoms with Gasteiger partial charge >= 0.3 is 6.09 Å². The smallest absolute Gasteiger partial charge is 0.411 e. The second-order valence-electron chi connectivity index (χ2n) is 5.33. The molecule has 1 aromatic carbocycles. The number of hydrogen-bond acceptors (Lipinski definition) is 4. The third-order valence-corrected chi connectivity index (χ3v) is 5.29. The number of carbonyl (C=O) groups excluding carboxylic acids is 1. The highest BCUT2D eigenvalue weighted by molar-refractivity contribution is 7.89. The Morgan fingerprint density at radius 3 is 2.67 bits per heavy atom. The highest BCUT2D eigenvalue weighted by atomic mass is 35.5. The molecule has 0 spiro atoms. The van der Waals surface area contributed by atoms with Crippen LogP contribution in [-0.4, -0.2) is 50.2 Å². The normalized spacial score (nSPS) is 21.5. The van der Waals surface area contributed by atoms with Gasteiger partial charge in [-0.05, 0) is 6.92 Å². The first-order valence-corrected chi connectivity index (χ1v) is 9.26. The molecule has 6 nitrogen and oxygen atoms in total. The van der Waals surface area contributed by atoms with Crippen LogP contribution in [0.4, 0.5) is 13.6 Å².